The molecule has 0 fully saturated rings. The average molecular weight is 163 g/mol. The minimum atomic E-state index is -0.103. The highest BCUT2D eigenvalue weighted by atomic mass is 32.1. The quantitative estimate of drug-likeness (QED) is 0.276. The molecule has 1 N–H and O–H groups in total. The molecule has 0 aromatic rings. The van der Waals surface area contributed by atoms with E-state index in [1.807, 2.05) is 0 Å². The van der Waals surface area contributed by atoms with Gasteiger partial charge in [0.1, 0.15) is 11.1 Å². The smallest absolute Gasteiger partial charge is 0.135 e. The van der Waals surface area contributed by atoms with Gasteiger partial charge in [-0.05, 0) is 0 Å². The maximum atomic E-state index is 8.57. The van der Waals surface area contributed by atoms with Crippen molar-refractivity contribution < 1.29 is 5.11 Å². The molecule has 52 valence electrons. The van der Waals surface area contributed by atoms with Crippen molar-refractivity contribution in [2.75, 3.05) is 13.3 Å². The van der Waals surface area contributed by atoms with Crippen LogP contribution in [0.5, 0.6) is 0 Å². The predicted octanol–water partition coefficient (Wildman–Crippen LogP) is 0.639. The first-order valence-corrected chi connectivity index (χ1v) is 3.27. The molecule has 0 amide bonds. The van der Waals surface area contributed by atoms with E-state index in [0.717, 1.165) is 0 Å². The Balaban J connectivity index is 3.67. The summed E-state index contributed by atoms with van der Waals surface area (Å²) in [6, 6.07) is 0. The predicted molar refractivity (Wildman–Crippen MR) is 45.6 cm³/mol. The van der Waals surface area contributed by atoms with Crippen LogP contribution in [0.3, 0.4) is 0 Å². The van der Waals surface area contributed by atoms with Crippen molar-refractivity contribution in [1.82, 2.24) is 4.90 Å². The lowest BCUT2D eigenvalue weighted by Crippen LogP contribution is -2.26. The summed E-state index contributed by atoms with van der Waals surface area (Å²) in [6.07, 6.45) is 1.65. The summed E-state index contributed by atoms with van der Waals surface area (Å²) in [5.41, 5.74) is 0. The van der Waals surface area contributed by atoms with Gasteiger partial charge in [-0.2, -0.15) is 0 Å². The molecule has 0 saturated heterocycles. The minimum Gasteiger partial charge on any atom is -0.376 e. The third kappa shape index (κ3) is 3.51. The van der Waals surface area contributed by atoms with E-state index in [1.54, 1.807) is 6.08 Å². The fraction of sp³-hybridized carbons (Fsp3) is 0.400. The van der Waals surface area contributed by atoms with Crippen molar-refractivity contribution in [3.05, 3.63) is 12.7 Å². The second-order valence-electron chi connectivity index (χ2n) is 1.44. The molecular weight excluding hydrogens is 154 g/mol. The third-order valence-electron chi connectivity index (χ3n) is 0.791. The van der Waals surface area contributed by atoms with E-state index in [0.29, 0.717) is 10.9 Å². The molecule has 0 bridgehead atoms. The molecule has 0 aromatic carbocycles. The van der Waals surface area contributed by atoms with E-state index < -0.39 is 0 Å². The van der Waals surface area contributed by atoms with Crippen molar-refractivity contribution in [1.29, 1.82) is 0 Å². The van der Waals surface area contributed by atoms with Crippen LogP contribution in [-0.2, 0) is 0 Å². The average Bonchev–Trinajstić information content (AvgIpc) is 1.82. The third-order valence-corrected chi connectivity index (χ3v) is 1.33. The van der Waals surface area contributed by atoms with Crippen LogP contribution in [0.25, 0.3) is 0 Å². The second kappa shape index (κ2) is 4.78. The first-order chi connectivity index (χ1) is 4.22. The SMILES string of the molecule is C=CCN(CO)C(=S)S. The fourth-order valence-electron chi connectivity index (χ4n) is 0.352. The number of hydrogen-bond donors (Lipinski definition) is 2. The molecule has 0 aliphatic heterocycles. The summed E-state index contributed by atoms with van der Waals surface area (Å²) < 4.78 is 0.386. The van der Waals surface area contributed by atoms with E-state index in [-0.39, 0.29) is 6.73 Å². The van der Waals surface area contributed by atoms with Crippen LogP contribution in [-0.4, -0.2) is 27.6 Å². The molecule has 0 saturated carbocycles. The van der Waals surface area contributed by atoms with Gasteiger partial charge in [0.15, 0.2) is 0 Å². The summed E-state index contributed by atoms with van der Waals surface area (Å²) in [4.78, 5) is 1.51. The monoisotopic (exact) mass is 163 g/mol. The zero-order chi connectivity index (χ0) is 7.28. The Labute approximate surface area is 65.6 Å². The van der Waals surface area contributed by atoms with Crippen molar-refractivity contribution in [2.45, 2.75) is 0 Å². The van der Waals surface area contributed by atoms with Crippen molar-refractivity contribution in [2.24, 2.45) is 0 Å². The molecule has 0 aromatic heterocycles. The molecule has 0 heterocycles. The molecule has 0 spiro atoms. The highest BCUT2D eigenvalue weighted by molar-refractivity contribution is 8.10. The van der Waals surface area contributed by atoms with E-state index >= 15 is 0 Å². The summed E-state index contributed by atoms with van der Waals surface area (Å²) in [6.45, 7) is 3.92. The number of thiol groups is 1. The summed E-state index contributed by atoms with van der Waals surface area (Å²) >= 11 is 8.52. The zero-order valence-electron chi connectivity index (χ0n) is 4.95. The maximum absolute atomic E-state index is 8.57. The molecular formula is C5H9NOS2. The lowest BCUT2D eigenvalue weighted by atomic mass is 10.6. The van der Waals surface area contributed by atoms with Gasteiger partial charge in [-0.25, -0.2) is 0 Å². The lowest BCUT2D eigenvalue weighted by Gasteiger charge is -2.16. The Morgan fingerprint density at radius 1 is 1.89 bits per heavy atom. The minimum absolute atomic E-state index is 0.103. The van der Waals surface area contributed by atoms with Gasteiger partial charge in [-0.3, -0.25) is 0 Å². The molecule has 0 unspecified atom stereocenters. The Hall–Kier alpha value is -0.0600. The van der Waals surface area contributed by atoms with Crippen LogP contribution >= 0.6 is 24.8 Å². The Morgan fingerprint density at radius 3 is 2.56 bits per heavy atom. The first kappa shape index (κ1) is 8.94. The van der Waals surface area contributed by atoms with Gasteiger partial charge in [0.25, 0.3) is 0 Å². The van der Waals surface area contributed by atoms with Crippen LogP contribution in [0.4, 0.5) is 0 Å². The number of aliphatic hydroxyl groups is 1. The van der Waals surface area contributed by atoms with Crippen molar-refractivity contribution in [3.8, 4) is 0 Å². The maximum Gasteiger partial charge on any atom is 0.135 e. The normalized spacial score (nSPS) is 8.67. The standard InChI is InChI=1S/C5H9NOS2/c1-2-3-6(4-7)5(8)9/h2,7H,1,3-4H2,(H,8,9). The van der Waals surface area contributed by atoms with E-state index in [4.69, 9.17) is 5.11 Å². The van der Waals surface area contributed by atoms with Crippen LogP contribution in [0.15, 0.2) is 12.7 Å². The van der Waals surface area contributed by atoms with Crippen molar-refractivity contribution >= 4 is 29.2 Å². The van der Waals surface area contributed by atoms with E-state index in [1.165, 1.54) is 4.90 Å². The summed E-state index contributed by atoms with van der Waals surface area (Å²) in [5.74, 6) is 0. The first-order valence-electron chi connectivity index (χ1n) is 2.42. The zero-order valence-corrected chi connectivity index (χ0v) is 6.66. The molecule has 4 heteroatoms. The molecule has 0 radical (unpaired) electrons. The number of hydrogen-bond acceptors (Lipinski definition) is 2. The molecule has 0 atom stereocenters. The Morgan fingerprint density at radius 2 is 2.44 bits per heavy atom. The highest BCUT2D eigenvalue weighted by Gasteiger charge is 1.98. The fourth-order valence-corrected chi connectivity index (χ4v) is 0.629. The molecule has 0 aliphatic carbocycles. The van der Waals surface area contributed by atoms with Gasteiger partial charge in [0, 0.05) is 6.54 Å². The number of aliphatic hydroxyl groups excluding tert-OH is 1. The molecule has 0 aliphatic rings. The summed E-state index contributed by atoms with van der Waals surface area (Å²) in [5, 5.41) is 8.57. The van der Waals surface area contributed by atoms with Crippen LogP contribution in [0.1, 0.15) is 0 Å². The highest BCUT2D eigenvalue weighted by Crippen LogP contribution is 1.93. The van der Waals surface area contributed by atoms with Gasteiger partial charge < -0.3 is 10.0 Å². The van der Waals surface area contributed by atoms with Crippen LogP contribution in [0.2, 0.25) is 0 Å². The molecule has 2 nitrogen and oxygen atoms in total. The van der Waals surface area contributed by atoms with Gasteiger partial charge in [-0.1, -0.05) is 18.3 Å². The number of nitrogens with zero attached hydrogens (tertiary/aromatic N) is 1. The topological polar surface area (TPSA) is 23.5 Å². The second-order valence-corrected chi connectivity index (χ2v) is 2.55. The molecule has 9 heavy (non-hydrogen) atoms. The number of rotatable bonds is 3. The Kier molecular flexibility index (Phi) is 4.75. The van der Waals surface area contributed by atoms with Gasteiger partial charge in [0.05, 0.1) is 0 Å². The van der Waals surface area contributed by atoms with Crippen LogP contribution in [0, 0.1) is 0 Å². The van der Waals surface area contributed by atoms with Gasteiger partial charge in [-0.15, -0.1) is 19.2 Å². The summed E-state index contributed by atoms with van der Waals surface area (Å²) in [7, 11) is 0. The van der Waals surface area contributed by atoms with Crippen LogP contribution < -0.4 is 0 Å². The van der Waals surface area contributed by atoms with E-state index in [9.17, 15) is 0 Å². The lowest BCUT2D eigenvalue weighted by molar-refractivity contribution is 0.185. The van der Waals surface area contributed by atoms with Gasteiger partial charge >= 0.3 is 0 Å². The Bertz CT molecular complexity index is 116. The largest absolute Gasteiger partial charge is 0.376 e. The van der Waals surface area contributed by atoms with Gasteiger partial charge in [0.2, 0.25) is 0 Å². The molecule has 0 rings (SSSR count). The van der Waals surface area contributed by atoms with E-state index in [2.05, 4.69) is 31.4 Å². The number of thiocarbonyl (C=S) groups is 1. The van der Waals surface area contributed by atoms with Crippen molar-refractivity contribution in [3.63, 3.8) is 0 Å².